The van der Waals surface area contributed by atoms with E-state index in [0.29, 0.717) is 31.8 Å². The van der Waals surface area contributed by atoms with Crippen LogP contribution in [0.2, 0.25) is 0 Å². The summed E-state index contributed by atoms with van der Waals surface area (Å²) < 4.78 is 5.91. The number of hydrogen-bond donors (Lipinski definition) is 1. The van der Waals surface area contributed by atoms with Gasteiger partial charge in [-0.1, -0.05) is 32.0 Å². The Hall–Kier alpha value is -2.04. The molecule has 0 spiro atoms. The minimum atomic E-state index is -0.542. The maximum absolute atomic E-state index is 12.5. The van der Waals surface area contributed by atoms with Crippen LogP contribution >= 0.6 is 0 Å². The van der Waals surface area contributed by atoms with Crippen LogP contribution in [0.3, 0.4) is 0 Å². The molecule has 23 heavy (non-hydrogen) atoms. The lowest BCUT2D eigenvalue weighted by molar-refractivity contribution is -0.140. The molecule has 126 valence electrons. The van der Waals surface area contributed by atoms with Gasteiger partial charge >= 0.3 is 0 Å². The number of likely N-dealkylation sites (tertiary alicyclic amines) is 1. The summed E-state index contributed by atoms with van der Waals surface area (Å²) in [5, 5.41) is 0. The van der Waals surface area contributed by atoms with Crippen molar-refractivity contribution in [2.24, 2.45) is 11.7 Å². The highest BCUT2D eigenvalue weighted by Gasteiger charge is 2.29. The summed E-state index contributed by atoms with van der Waals surface area (Å²) >= 11 is 0. The monoisotopic (exact) mass is 318 g/mol. The predicted molar refractivity (Wildman–Crippen MR) is 89.1 cm³/mol. The second-order valence-electron chi connectivity index (χ2n) is 6.45. The van der Waals surface area contributed by atoms with Crippen molar-refractivity contribution >= 4 is 11.8 Å². The van der Waals surface area contributed by atoms with Gasteiger partial charge in [-0.25, -0.2) is 0 Å². The largest absolute Gasteiger partial charge is 0.481 e. The molecular weight excluding hydrogens is 292 g/mol. The molecule has 1 aromatic carbocycles. The number of hydrogen-bond acceptors (Lipinski definition) is 3. The number of benzene rings is 1. The van der Waals surface area contributed by atoms with Crippen molar-refractivity contribution in [2.75, 3.05) is 13.1 Å². The van der Waals surface area contributed by atoms with E-state index in [9.17, 15) is 9.59 Å². The van der Waals surface area contributed by atoms with Crippen LogP contribution in [0.1, 0.15) is 45.1 Å². The minimum absolute atomic E-state index is 0.0357. The van der Waals surface area contributed by atoms with Gasteiger partial charge in [-0.3, -0.25) is 9.59 Å². The first-order valence-corrected chi connectivity index (χ1v) is 8.23. The topological polar surface area (TPSA) is 72.6 Å². The van der Waals surface area contributed by atoms with Crippen molar-refractivity contribution < 1.29 is 14.3 Å². The molecule has 2 rings (SSSR count). The van der Waals surface area contributed by atoms with Crippen molar-refractivity contribution in [1.29, 1.82) is 0 Å². The molecule has 1 aliphatic rings. The fourth-order valence-corrected chi connectivity index (χ4v) is 2.95. The Kier molecular flexibility index (Phi) is 5.64. The molecule has 1 saturated heterocycles. The Bertz CT molecular complexity index is 563. The van der Waals surface area contributed by atoms with E-state index < -0.39 is 6.10 Å². The van der Waals surface area contributed by atoms with Gasteiger partial charge in [0.25, 0.3) is 5.91 Å². The third kappa shape index (κ3) is 4.24. The fourth-order valence-electron chi connectivity index (χ4n) is 2.95. The third-order valence-corrected chi connectivity index (χ3v) is 4.40. The van der Waals surface area contributed by atoms with Gasteiger partial charge in [0.05, 0.1) is 0 Å². The lowest BCUT2D eigenvalue weighted by Crippen LogP contribution is -2.46. The van der Waals surface area contributed by atoms with E-state index in [-0.39, 0.29) is 17.7 Å². The Morgan fingerprint density at radius 3 is 2.35 bits per heavy atom. The average Bonchev–Trinajstić information content (AvgIpc) is 2.54. The Labute approximate surface area is 137 Å². The maximum Gasteiger partial charge on any atom is 0.263 e. The standard InChI is InChI=1S/C18H26N2O3/c1-12(2)15-6-4-5-7-16(15)23-13(3)18(22)20-10-8-14(9-11-20)17(19)21/h4-7,12-14H,8-11H2,1-3H3,(H2,19,21). The summed E-state index contributed by atoms with van der Waals surface area (Å²) in [4.78, 5) is 25.5. The van der Waals surface area contributed by atoms with Crippen molar-refractivity contribution in [3.05, 3.63) is 29.8 Å². The van der Waals surface area contributed by atoms with E-state index in [0.717, 1.165) is 11.3 Å². The maximum atomic E-state index is 12.5. The number of ether oxygens (including phenoxy) is 1. The SMILES string of the molecule is CC(Oc1ccccc1C(C)C)C(=O)N1CCC(C(N)=O)CC1. The predicted octanol–water partition coefficient (Wildman–Crippen LogP) is 2.30. The number of primary amides is 1. The first-order valence-electron chi connectivity index (χ1n) is 8.23. The first kappa shape index (κ1) is 17.3. The number of carbonyl (C=O) groups excluding carboxylic acids is 2. The molecule has 1 aliphatic heterocycles. The van der Waals surface area contributed by atoms with Gasteiger partial charge in [0.2, 0.25) is 5.91 Å². The molecule has 5 heteroatoms. The van der Waals surface area contributed by atoms with Crippen LogP contribution in [0.5, 0.6) is 5.75 Å². The molecule has 1 atom stereocenters. The molecule has 1 aromatic rings. The van der Waals surface area contributed by atoms with Gasteiger partial charge in [-0.2, -0.15) is 0 Å². The number of nitrogens with two attached hydrogens (primary N) is 1. The zero-order chi connectivity index (χ0) is 17.0. The second-order valence-corrected chi connectivity index (χ2v) is 6.45. The summed E-state index contributed by atoms with van der Waals surface area (Å²) in [6.07, 6.45) is 0.729. The van der Waals surface area contributed by atoms with Crippen LogP contribution in [0, 0.1) is 5.92 Å². The van der Waals surface area contributed by atoms with Crippen molar-refractivity contribution in [2.45, 2.75) is 45.6 Å². The Morgan fingerprint density at radius 1 is 1.17 bits per heavy atom. The van der Waals surface area contributed by atoms with E-state index in [1.165, 1.54) is 0 Å². The van der Waals surface area contributed by atoms with E-state index >= 15 is 0 Å². The van der Waals surface area contributed by atoms with Gasteiger partial charge in [0.1, 0.15) is 5.75 Å². The Balaban J connectivity index is 1.97. The van der Waals surface area contributed by atoms with Gasteiger partial charge in [0, 0.05) is 19.0 Å². The number of para-hydroxylation sites is 1. The van der Waals surface area contributed by atoms with E-state index in [2.05, 4.69) is 13.8 Å². The van der Waals surface area contributed by atoms with Crippen LogP contribution in [-0.2, 0) is 9.59 Å². The number of rotatable bonds is 5. The highest BCUT2D eigenvalue weighted by Crippen LogP contribution is 2.27. The fraction of sp³-hybridized carbons (Fsp3) is 0.556. The van der Waals surface area contributed by atoms with Crippen LogP contribution in [0.15, 0.2) is 24.3 Å². The third-order valence-electron chi connectivity index (χ3n) is 4.40. The first-order chi connectivity index (χ1) is 10.9. The molecule has 2 amide bonds. The van der Waals surface area contributed by atoms with Crippen LogP contribution in [0.4, 0.5) is 0 Å². The molecule has 1 fully saturated rings. The molecule has 0 aromatic heterocycles. The number of amides is 2. The number of nitrogens with zero attached hydrogens (tertiary/aromatic N) is 1. The molecular formula is C18H26N2O3. The molecule has 1 unspecified atom stereocenters. The molecule has 2 N–H and O–H groups in total. The van der Waals surface area contributed by atoms with Crippen LogP contribution in [-0.4, -0.2) is 35.9 Å². The van der Waals surface area contributed by atoms with E-state index in [1.807, 2.05) is 24.3 Å². The summed E-state index contributed by atoms with van der Waals surface area (Å²) in [5.74, 6) is 0.672. The zero-order valence-electron chi connectivity index (χ0n) is 14.1. The van der Waals surface area contributed by atoms with Gasteiger partial charge in [-0.15, -0.1) is 0 Å². The van der Waals surface area contributed by atoms with E-state index in [1.54, 1.807) is 11.8 Å². The summed E-state index contributed by atoms with van der Waals surface area (Å²) in [6, 6.07) is 7.81. The number of piperidine rings is 1. The van der Waals surface area contributed by atoms with Gasteiger partial charge in [-0.05, 0) is 37.3 Å². The second kappa shape index (κ2) is 7.49. The molecule has 0 aliphatic carbocycles. The quantitative estimate of drug-likeness (QED) is 0.905. The summed E-state index contributed by atoms with van der Waals surface area (Å²) in [5.41, 5.74) is 6.43. The van der Waals surface area contributed by atoms with Gasteiger partial charge in [0.15, 0.2) is 6.10 Å². The van der Waals surface area contributed by atoms with Crippen molar-refractivity contribution in [3.63, 3.8) is 0 Å². The highest BCUT2D eigenvalue weighted by atomic mass is 16.5. The lowest BCUT2D eigenvalue weighted by Gasteiger charge is -2.32. The smallest absolute Gasteiger partial charge is 0.263 e. The highest BCUT2D eigenvalue weighted by molar-refractivity contribution is 5.82. The average molecular weight is 318 g/mol. The van der Waals surface area contributed by atoms with Crippen molar-refractivity contribution in [3.8, 4) is 5.75 Å². The molecule has 1 heterocycles. The molecule has 0 radical (unpaired) electrons. The molecule has 5 nitrogen and oxygen atoms in total. The summed E-state index contributed by atoms with van der Waals surface area (Å²) in [7, 11) is 0. The van der Waals surface area contributed by atoms with Crippen molar-refractivity contribution in [1.82, 2.24) is 4.90 Å². The van der Waals surface area contributed by atoms with Crippen LogP contribution < -0.4 is 10.5 Å². The number of carbonyl (C=O) groups is 2. The van der Waals surface area contributed by atoms with Gasteiger partial charge < -0.3 is 15.4 Å². The minimum Gasteiger partial charge on any atom is -0.481 e. The molecule has 0 bridgehead atoms. The molecule has 0 saturated carbocycles. The normalized spacial score (nSPS) is 17.1. The zero-order valence-corrected chi connectivity index (χ0v) is 14.1. The lowest BCUT2D eigenvalue weighted by atomic mass is 9.96. The summed E-state index contributed by atoms with van der Waals surface area (Å²) in [6.45, 7) is 7.10. The van der Waals surface area contributed by atoms with Crippen LogP contribution in [0.25, 0.3) is 0 Å². The Morgan fingerprint density at radius 2 is 1.78 bits per heavy atom. The van der Waals surface area contributed by atoms with E-state index in [4.69, 9.17) is 10.5 Å².